The third-order valence-electron chi connectivity index (χ3n) is 2.98. The first-order valence-electron chi connectivity index (χ1n) is 5.86. The number of rotatable bonds is 2. The molecule has 0 aliphatic rings. The number of aromatic amines is 1. The summed E-state index contributed by atoms with van der Waals surface area (Å²) in [6, 6.07) is 2.65. The smallest absolute Gasteiger partial charge is 0.297 e. The van der Waals surface area contributed by atoms with E-state index in [1.54, 1.807) is 13.8 Å². The number of benzene rings is 1. The van der Waals surface area contributed by atoms with Crippen LogP contribution >= 0.6 is 27.5 Å². The van der Waals surface area contributed by atoms with Gasteiger partial charge in [-0.1, -0.05) is 18.5 Å². The van der Waals surface area contributed by atoms with Crippen LogP contribution in [0.25, 0.3) is 5.69 Å². The van der Waals surface area contributed by atoms with Crippen molar-refractivity contribution >= 4 is 27.5 Å². The maximum absolute atomic E-state index is 13.4. The fraction of sp³-hybridized carbons (Fsp3) is 0.231. The molecule has 4 nitrogen and oxygen atoms in total. The highest BCUT2D eigenvalue weighted by Gasteiger charge is 2.15. The second kappa shape index (κ2) is 5.54. The van der Waals surface area contributed by atoms with Gasteiger partial charge in [0.25, 0.3) is 5.56 Å². The van der Waals surface area contributed by atoms with Crippen molar-refractivity contribution < 1.29 is 4.39 Å². The molecular weight excluding hydrogens is 351 g/mol. The Morgan fingerprint density at radius 1 is 1.40 bits per heavy atom. The summed E-state index contributed by atoms with van der Waals surface area (Å²) in [6.07, 6.45) is 0.385. The van der Waals surface area contributed by atoms with E-state index in [2.05, 4.69) is 20.9 Å². The molecule has 2 aromatic rings. The van der Waals surface area contributed by atoms with Gasteiger partial charge < -0.3 is 0 Å². The highest BCUT2D eigenvalue weighted by molar-refractivity contribution is 9.10. The molecule has 0 fully saturated rings. The van der Waals surface area contributed by atoms with Crippen LogP contribution in [0.15, 0.2) is 26.2 Å². The van der Waals surface area contributed by atoms with E-state index in [0.29, 0.717) is 23.2 Å². The first-order chi connectivity index (χ1) is 9.36. The number of nitrogens with one attached hydrogen (secondary N) is 1. The molecule has 1 heterocycles. The number of nitrogens with zero attached hydrogens (tertiary/aromatic N) is 1. The molecule has 20 heavy (non-hydrogen) atoms. The Hall–Kier alpha value is -1.40. The van der Waals surface area contributed by atoms with Crippen LogP contribution < -0.4 is 11.2 Å². The Bertz CT molecular complexity index is 798. The lowest BCUT2D eigenvalue weighted by atomic mass is 10.2. The summed E-state index contributed by atoms with van der Waals surface area (Å²) in [4.78, 5) is 26.8. The molecule has 7 heteroatoms. The van der Waals surface area contributed by atoms with Crippen LogP contribution in [0, 0.1) is 12.7 Å². The highest BCUT2D eigenvalue weighted by Crippen LogP contribution is 2.22. The lowest BCUT2D eigenvalue weighted by molar-refractivity contribution is 0.618. The van der Waals surface area contributed by atoms with Crippen molar-refractivity contribution in [3.63, 3.8) is 0 Å². The van der Waals surface area contributed by atoms with Gasteiger partial charge in [0.05, 0.1) is 15.7 Å². The SMILES string of the molecule is CCc1c(Cl)[nH]c(=O)n(-c2cc(Br)c(F)cc2C)c1=O. The van der Waals surface area contributed by atoms with Gasteiger partial charge in [-0.15, -0.1) is 0 Å². The number of aryl methyl sites for hydroxylation is 1. The average Bonchev–Trinajstić information content (AvgIpc) is 2.35. The fourth-order valence-corrected chi connectivity index (χ4v) is 2.57. The summed E-state index contributed by atoms with van der Waals surface area (Å²) >= 11 is 8.90. The Kier molecular flexibility index (Phi) is 4.15. The average molecular weight is 362 g/mol. The van der Waals surface area contributed by atoms with Crippen molar-refractivity contribution in [2.45, 2.75) is 20.3 Å². The van der Waals surface area contributed by atoms with E-state index in [-0.39, 0.29) is 9.63 Å². The Morgan fingerprint density at radius 3 is 2.65 bits per heavy atom. The number of hydrogen-bond acceptors (Lipinski definition) is 2. The van der Waals surface area contributed by atoms with Gasteiger partial charge in [0.1, 0.15) is 11.0 Å². The normalized spacial score (nSPS) is 10.8. The maximum atomic E-state index is 13.4. The maximum Gasteiger partial charge on any atom is 0.334 e. The van der Waals surface area contributed by atoms with Crippen LogP contribution in [-0.2, 0) is 6.42 Å². The zero-order valence-electron chi connectivity index (χ0n) is 10.8. The molecule has 1 N–H and O–H groups in total. The molecule has 0 saturated carbocycles. The van der Waals surface area contributed by atoms with Gasteiger partial charge in [-0.05, 0) is 47.0 Å². The standard InChI is InChI=1S/C13H11BrClFN2O2/c1-3-7-11(15)17-13(20)18(12(7)19)10-5-8(14)9(16)4-6(10)2/h4-5H,3H2,1-2H3,(H,17,20). The predicted molar refractivity (Wildman–Crippen MR) is 79.4 cm³/mol. The zero-order chi connectivity index (χ0) is 15.0. The first kappa shape index (κ1) is 15.0. The molecule has 0 amide bonds. The first-order valence-corrected chi connectivity index (χ1v) is 7.03. The minimum Gasteiger partial charge on any atom is -0.297 e. The van der Waals surface area contributed by atoms with Crippen LogP contribution in [0.4, 0.5) is 4.39 Å². The molecular formula is C13H11BrClFN2O2. The van der Waals surface area contributed by atoms with Crippen molar-refractivity contribution in [1.82, 2.24) is 9.55 Å². The van der Waals surface area contributed by atoms with Crippen LogP contribution in [0.2, 0.25) is 5.15 Å². The molecule has 0 aliphatic carbocycles. The molecule has 0 spiro atoms. The van der Waals surface area contributed by atoms with E-state index < -0.39 is 17.1 Å². The second-order valence-electron chi connectivity index (χ2n) is 4.27. The van der Waals surface area contributed by atoms with Crippen molar-refractivity contribution in [1.29, 1.82) is 0 Å². The summed E-state index contributed by atoms with van der Waals surface area (Å²) in [5, 5.41) is 0.0394. The number of aromatic nitrogens is 2. The van der Waals surface area contributed by atoms with Crippen molar-refractivity contribution in [3.05, 3.63) is 59.5 Å². The van der Waals surface area contributed by atoms with Gasteiger partial charge in [0, 0.05) is 0 Å². The second-order valence-corrected chi connectivity index (χ2v) is 5.50. The zero-order valence-corrected chi connectivity index (χ0v) is 13.1. The van der Waals surface area contributed by atoms with Crippen molar-refractivity contribution in [2.24, 2.45) is 0 Å². The van der Waals surface area contributed by atoms with Gasteiger partial charge in [0.2, 0.25) is 0 Å². The van der Waals surface area contributed by atoms with Crippen molar-refractivity contribution in [3.8, 4) is 5.69 Å². The molecule has 0 radical (unpaired) electrons. The molecule has 0 aliphatic heterocycles. The van der Waals surface area contributed by atoms with Crippen LogP contribution in [0.3, 0.4) is 0 Å². The quantitative estimate of drug-likeness (QED) is 0.836. The number of hydrogen-bond donors (Lipinski definition) is 1. The van der Waals surface area contributed by atoms with E-state index >= 15 is 0 Å². The van der Waals surface area contributed by atoms with Gasteiger partial charge in [-0.3, -0.25) is 9.78 Å². The largest absolute Gasteiger partial charge is 0.334 e. The van der Waals surface area contributed by atoms with E-state index in [4.69, 9.17) is 11.6 Å². The Labute approximate surface area is 127 Å². The fourth-order valence-electron chi connectivity index (χ4n) is 1.95. The summed E-state index contributed by atoms with van der Waals surface area (Å²) in [6.45, 7) is 3.38. The summed E-state index contributed by atoms with van der Waals surface area (Å²) in [5.74, 6) is -0.458. The summed E-state index contributed by atoms with van der Waals surface area (Å²) in [5.41, 5.74) is -0.0497. The summed E-state index contributed by atoms with van der Waals surface area (Å²) in [7, 11) is 0. The van der Waals surface area contributed by atoms with Gasteiger partial charge in [0.15, 0.2) is 0 Å². The van der Waals surface area contributed by atoms with Gasteiger partial charge in [-0.25, -0.2) is 13.8 Å². The summed E-state index contributed by atoms with van der Waals surface area (Å²) < 4.78 is 14.6. The molecule has 0 saturated heterocycles. The van der Waals surface area contributed by atoms with Crippen molar-refractivity contribution in [2.75, 3.05) is 0 Å². The molecule has 1 aromatic heterocycles. The molecule has 0 atom stereocenters. The van der Waals surface area contributed by atoms with Gasteiger partial charge in [-0.2, -0.15) is 0 Å². The molecule has 0 unspecified atom stereocenters. The minimum absolute atomic E-state index is 0.0394. The van der Waals surface area contributed by atoms with Crippen LogP contribution in [-0.4, -0.2) is 9.55 Å². The van der Waals surface area contributed by atoms with E-state index in [9.17, 15) is 14.0 Å². The predicted octanol–water partition coefficient (Wildman–Crippen LogP) is 2.95. The topological polar surface area (TPSA) is 54.9 Å². The van der Waals surface area contributed by atoms with E-state index in [1.807, 2.05) is 0 Å². The van der Waals surface area contributed by atoms with Crippen LogP contribution in [0.5, 0.6) is 0 Å². The van der Waals surface area contributed by atoms with E-state index in [1.165, 1.54) is 12.1 Å². The molecule has 0 bridgehead atoms. The minimum atomic E-state index is -0.654. The third-order valence-corrected chi connectivity index (χ3v) is 3.91. The Morgan fingerprint density at radius 2 is 2.05 bits per heavy atom. The lowest BCUT2D eigenvalue weighted by Crippen LogP contribution is -2.36. The van der Waals surface area contributed by atoms with Crippen LogP contribution in [0.1, 0.15) is 18.1 Å². The molecule has 1 aromatic carbocycles. The monoisotopic (exact) mass is 360 g/mol. The lowest BCUT2D eigenvalue weighted by Gasteiger charge is -2.11. The van der Waals surface area contributed by atoms with E-state index in [0.717, 1.165) is 4.57 Å². The highest BCUT2D eigenvalue weighted by atomic mass is 79.9. The number of H-pyrrole nitrogens is 1. The molecule has 106 valence electrons. The Balaban J connectivity index is 2.87. The number of halogens is 3. The third kappa shape index (κ3) is 2.45. The van der Waals surface area contributed by atoms with Gasteiger partial charge >= 0.3 is 5.69 Å². The molecule has 2 rings (SSSR count).